The van der Waals surface area contributed by atoms with Gasteiger partial charge in [-0.1, -0.05) is 6.07 Å². The Labute approximate surface area is 105 Å². The maximum absolute atomic E-state index is 6.01. The summed E-state index contributed by atoms with van der Waals surface area (Å²) in [6, 6.07) is 8.27. The number of rotatable bonds is 1. The molecule has 0 radical (unpaired) electrons. The molecule has 18 heavy (non-hydrogen) atoms. The van der Waals surface area contributed by atoms with Crippen LogP contribution in [0.25, 0.3) is 16.7 Å². The van der Waals surface area contributed by atoms with Crippen molar-refractivity contribution in [3.63, 3.8) is 0 Å². The zero-order valence-corrected chi connectivity index (χ0v) is 10.4. The summed E-state index contributed by atoms with van der Waals surface area (Å²) in [6.07, 6.45) is 3.48. The molecule has 0 unspecified atom stereocenters. The summed E-state index contributed by atoms with van der Waals surface area (Å²) < 4.78 is 1.96. The first-order valence-electron chi connectivity index (χ1n) is 5.82. The van der Waals surface area contributed by atoms with Gasteiger partial charge in [-0.05, 0) is 43.2 Å². The van der Waals surface area contributed by atoms with E-state index in [4.69, 9.17) is 5.73 Å². The quantitative estimate of drug-likeness (QED) is 0.709. The summed E-state index contributed by atoms with van der Waals surface area (Å²) in [7, 11) is 0. The topological polar surface area (TPSA) is 56.7 Å². The molecule has 0 bridgehead atoms. The third-order valence-electron chi connectivity index (χ3n) is 2.95. The Kier molecular flexibility index (Phi) is 2.30. The molecule has 90 valence electrons. The number of anilines is 1. The molecule has 3 rings (SSSR count). The zero-order chi connectivity index (χ0) is 12.7. The van der Waals surface area contributed by atoms with Crippen molar-refractivity contribution in [2.75, 3.05) is 5.73 Å². The minimum absolute atomic E-state index is 0.489. The van der Waals surface area contributed by atoms with Crippen molar-refractivity contribution in [1.82, 2.24) is 14.5 Å². The monoisotopic (exact) mass is 238 g/mol. The van der Waals surface area contributed by atoms with Gasteiger partial charge in [-0.15, -0.1) is 0 Å². The maximum atomic E-state index is 6.01. The Morgan fingerprint density at radius 1 is 1.11 bits per heavy atom. The molecule has 0 atom stereocenters. The van der Waals surface area contributed by atoms with E-state index in [2.05, 4.69) is 42.0 Å². The molecule has 3 aromatic rings. The van der Waals surface area contributed by atoms with E-state index in [0.717, 1.165) is 16.7 Å². The van der Waals surface area contributed by atoms with Crippen LogP contribution in [0.2, 0.25) is 0 Å². The van der Waals surface area contributed by atoms with Crippen LogP contribution in [0.4, 0.5) is 5.95 Å². The predicted octanol–water partition coefficient (Wildman–Crippen LogP) is 2.62. The molecule has 2 aromatic heterocycles. The lowest BCUT2D eigenvalue weighted by molar-refractivity contribution is 1.10. The lowest BCUT2D eigenvalue weighted by Gasteiger charge is -2.08. The summed E-state index contributed by atoms with van der Waals surface area (Å²) in [5.74, 6) is 0.489. The van der Waals surface area contributed by atoms with E-state index in [9.17, 15) is 0 Å². The average Bonchev–Trinajstić information content (AvgIpc) is 2.63. The second kappa shape index (κ2) is 3.84. The molecule has 0 saturated carbocycles. The van der Waals surface area contributed by atoms with Gasteiger partial charge in [-0.25, -0.2) is 4.98 Å². The number of nitrogens with two attached hydrogens (primary N) is 1. The summed E-state index contributed by atoms with van der Waals surface area (Å²) in [5.41, 5.74) is 11.3. The van der Waals surface area contributed by atoms with Crippen molar-refractivity contribution in [2.45, 2.75) is 13.8 Å². The van der Waals surface area contributed by atoms with Crippen LogP contribution in [0.15, 0.2) is 36.7 Å². The number of pyridine rings is 1. The van der Waals surface area contributed by atoms with Gasteiger partial charge in [0.1, 0.15) is 5.52 Å². The fraction of sp³-hybridized carbons (Fsp3) is 0.143. The van der Waals surface area contributed by atoms with Gasteiger partial charge in [-0.2, -0.15) is 0 Å². The molecule has 0 amide bonds. The highest BCUT2D eigenvalue weighted by atomic mass is 15.2. The molecule has 4 heteroatoms. The largest absolute Gasteiger partial charge is 0.369 e. The third-order valence-corrected chi connectivity index (χ3v) is 2.95. The lowest BCUT2D eigenvalue weighted by atomic mass is 10.1. The second-order valence-electron chi connectivity index (χ2n) is 4.52. The lowest BCUT2D eigenvalue weighted by Crippen LogP contribution is -2.01. The van der Waals surface area contributed by atoms with Gasteiger partial charge in [0.25, 0.3) is 0 Å². The molecule has 4 nitrogen and oxygen atoms in total. The number of imidazole rings is 1. The van der Waals surface area contributed by atoms with E-state index in [1.807, 2.05) is 10.6 Å². The minimum atomic E-state index is 0.489. The molecule has 0 aliphatic heterocycles. The first kappa shape index (κ1) is 10.8. The number of fused-ring (bicyclic) bond motifs is 1. The predicted molar refractivity (Wildman–Crippen MR) is 72.8 cm³/mol. The van der Waals surface area contributed by atoms with E-state index in [1.54, 1.807) is 12.4 Å². The van der Waals surface area contributed by atoms with Crippen LogP contribution in [0.1, 0.15) is 11.1 Å². The molecule has 0 spiro atoms. The van der Waals surface area contributed by atoms with Crippen molar-refractivity contribution in [3.8, 4) is 5.69 Å². The Hall–Kier alpha value is -2.36. The molecule has 0 aliphatic carbocycles. The third kappa shape index (κ3) is 1.62. The normalized spacial score (nSPS) is 11.0. The van der Waals surface area contributed by atoms with E-state index in [1.165, 1.54) is 11.1 Å². The summed E-state index contributed by atoms with van der Waals surface area (Å²) in [5, 5.41) is 0. The SMILES string of the molecule is Cc1cc(C)cc(-n2c(N)nc3cnccc32)c1. The van der Waals surface area contributed by atoms with Gasteiger partial charge >= 0.3 is 0 Å². The van der Waals surface area contributed by atoms with Crippen LogP contribution in [0, 0.1) is 13.8 Å². The summed E-state index contributed by atoms with van der Waals surface area (Å²) in [4.78, 5) is 8.39. The average molecular weight is 238 g/mol. The Balaban J connectivity index is 2.34. The molecular formula is C14H14N4. The number of aryl methyl sites for hydroxylation is 2. The summed E-state index contributed by atoms with van der Waals surface area (Å²) >= 11 is 0. The number of benzene rings is 1. The van der Waals surface area contributed by atoms with E-state index in [-0.39, 0.29) is 0 Å². The van der Waals surface area contributed by atoms with Gasteiger partial charge in [0.05, 0.1) is 11.7 Å². The second-order valence-corrected chi connectivity index (χ2v) is 4.52. The fourth-order valence-corrected chi connectivity index (χ4v) is 2.30. The Bertz CT molecular complexity index is 707. The molecule has 2 N–H and O–H groups in total. The number of hydrogen-bond donors (Lipinski definition) is 1. The first-order valence-corrected chi connectivity index (χ1v) is 5.82. The molecule has 2 heterocycles. The minimum Gasteiger partial charge on any atom is -0.369 e. The summed E-state index contributed by atoms with van der Waals surface area (Å²) in [6.45, 7) is 4.15. The van der Waals surface area contributed by atoms with Crippen LogP contribution in [0.5, 0.6) is 0 Å². The number of hydrogen-bond acceptors (Lipinski definition) is 3. The van der Waals surface area contributed by atoms with Gasteiger partial charge < -0.3 is 5.73 Å². The number of nitrogen functional groups attached to an aromatic ring is 1. The van der Waals surface area contributed by atoms with Crippen LogP contribution >= 0.6 is 0 Å². The van der Waals surface area contributed by atoms with Gasteiger partial charge in [-0.3, -0.25) is 9.55 Å². The first-order chi connectivity index (χ1) is 8.65. The molecule has 0 saturated heterocycles. The Morgan fingerprint density at radius 2 is 1.83 bits per heavy atom. The van der Waals surface area contributed by atoms with Crippen molar-refractivity contribution < 1.29 is 0 Å². The van der Waals surface area contributed by atoms with Gasteiger partial charge in [0, 0.05) is 11.9 Å². The van der Waals surface area contributed by atoms with E-state index < -0.39 is 0 Å². The molecule has 0 aliphatic rings. The van der Waals surface area contributed by atoms with Crippen molar-refractivity contribution in [2.24, 2.45) is 0 Å². The van der Waals surface area contributed by atoms with Gasteiger partial charge in [0.2, 0.25) is 5.95 Å². The Morgan fingerprint density at radius 3 is 2.56 bits per heavy atom. The van der Waals surface area contributed by atoms with Crippen LogP contribution in [-0.2, 0) is 0 Å². The highest BCUT2D eigenvalue weighted by Gasteiger charge is 2.10. The molecule has 1 aromatic carbocycles. The van der Waals surface area contributed by atoms with E-state index in [0.29, 0.717) is 5.95 Å². The highest BCUT2D eigenvalue weighted by molar-refractivity contribution is 5.79. The fourth-order valence-electron chi connectivity index (χ4n) is 2.30. The standard InChI is InChI=1S/C14H14N4/c1-9-5-10(2)7-11(6-9)18-13-3-4-16-8-12(13)17-14(18)15/h3-8H,1-2H3,(H2,15,17). The van der Waals surface area contributed by atoms with Crippen molar-refractivity contribution >= 4 is 17.0 Å². The smallest absolute Gasteiger partial charge is 0.205 e. The van der Waals surface area contributed by atoms with Gasteiger partial charge in [0.15, 0.2) is 0 Å². The highest BCUT2D eigenvalue weighted by Crippen LogP contribution is 2.23. The van der Waals surface area contributed by atoms with Crippen LogP contribution < -0.4 is 5.73 Å². The molecule has 0 fully saturated rings. The maximum Gasteiger partial charge on any atom is 0.205 e. The zero-order valence-electron chi connectivity index (χ0n) is 10.4. The van der Waals surface area contributed by atoms with E-state index >= 15 is 0 Å². The molecular weight excluding hydrogens is 224 g/mol. The van der Waals surface area contributed by atoms with Crippen molar-refractivity contribution in [3.05, 3.63) is 47.8 Å². The number of aromatic nitrogens is 3. The van der Waals surface area contributed by atoms with Crippen LogP contribution in [0.3, 0.4) is 0 Å². The number of nitrogens with zero attached hydrogens (tertiary/aromatic N) is 3. The van der Waals surface area contributed by atoms with Crippen molar-refractivity contribution in [1.29, 1.82) is 0 Å². The van der Waals surface area contributed by atoms with Crippen LogP contribution in [-0.4, -0.2) is 14.5 Å².